The van der Waals surface area contributed by atoms with E-state index >= 15 is 0 Å². The third-order valence-corrected chi connectivity index (χ3v) is 3.06. The highest BCUT2D eigenvalue weighted by molar-refractivity contribution is 6.30. The van der Waals surface area contributed by atoms with Crippen LogP contribution < -0.4 is 5.32 Å². The Morgan fingerprint density at radius 3 is 2.84 bits per heavy atom. The van der Waals surface area contributed by atoms with E-state index in [0.29, 0.717) is 17.9 Å². The average Bonchev–Trinajstić information content (AvgIpc) is 2.86. The lowest BCUT2D eigenvalue weighted by molar-refractivity contribution is -0.149. The Labute approximate surface area is 114 Å². The van der Waals surface area contributed by atoms with Crippen molar-refractivity contribution in [3.63, 3.8) is 0 Å². The summed E-state index contributed by atoms with van der Waals surface area (Å²) in [6.45, 7) is 0.271. The molecule has 1 fully saturated rings. The predicted molar refractivity (Wildman–Crippen MR) is 67.1 cm³/mol. The summed E-state index contributed by atoms with van der Waals surface area (Å²) in [5, 5.41) is 11.9. The number of aliphatic carboxylic acids is 1. The van der Waals surface area contributed by atoms with Gasteiger partial charge in [0, 0.05) is 12.7 Å². The van der Waals surface area contributed by atoms with E-state index in [4.69, 9.17) is 21.4 Å². The van der Waals surface area contributed by atoms with Crippen LogP contribution in [0.15, 0.2) is 18.3 Å². The van der Waals surface area contributed by atoms with Crippen molar-refractivity contribution in [2.75, 3.05) is 6.54 Å². The van der Waals surface area contributed by atoms with E-state index in [1.54, 1.807) is 6.07 Å². The number of carbonyl (C=O) groups excluding carboxylic acids is 1. The van der Waals surface area contributed by atoms with Crippen LogP contribution >= 0.6 is 11.6 Å². The van der Waals surface area contributed by atoms with Crippen molar-refractivity contribution < 1.29 is 19.4 Å². The normalized spacial score (nSPS) is 22.2. The van der Waals surface area contributed by atoms with E-state index in [0.717, 1.165) is 0 Å². The maximum absolute atomic E-state index is 11.7. The molecule has 1 aromatic rings. The van der Waals surface area contributed by atoms with Gasteiger partial charge in [-0.2, -0.15) is 0 Å². The predicted octanol–water partition coefficient (Wildman–Crippen LogP) is 1.10. The molecule has 0 radical (unpaired) electrons. The topological polar surface area (TPSA) is 88.5 Å². The smallest absolute Gasteiger partial charge is 0.332 e. The summed E-state index contributed by atoms with van der Waals surface area (Å²) in [6, 6.07) is 3.10. The summed E-state index contributed by atoms with van der Waals surface area (Å²) >= 11 is 5.67. The molecule has 2 heterocycles. The van der Waals surface area contributed by atoms with Crippen LogP contribution in [-0.2, 0) is 9.53 Å². The van der Waals surface area contributed by atoms with Gasteiger partial charge in [0.05, 0.1) is 11.1 Å². The summed E-state index contributed by atoms with van der Waals surface area (Å²) in [5.74, 6) is -1.30. The summed E-state index contributed by atoms with van der Waals surface area (Å²) in [6.07, 6.45) is 1.44. The molecule has 19 heavy (non-hydrogen) atoms. The van der Waals surface area contributed by atoms with Crippen LogP contribution in [0.2, 0.25) is 5.02 Å². The first-order chi connectivity index (χ1) is 9.06. The number of hydrogen-bond donors (Lipinski definition) is 2. The maximum Gasteiger partial charge on any atom is 0.332 e. The largest absolute Gasteiger partial charge is 0.479 e. The van der Waals surface area contributed by atoms with Crippen LogP contribution in [-0.4, -0.2) is 40.7 Å². The average molecular weight is 285 g/mol. The van der Waals surface area contributed by atoms with Gasteiger partial charge in [-0.05, 0) is 25.0 Å². The SMILES string of the molecule is O=C(NCC1CCC(C(=O)O)O1)c1ccc(Cl)cn1. The molecule has 2 unspecified atom stereocenters. The molecule has 0 bridgehead atoms. The molecule has 0 aromatic carbocycles. The number of carbonyl (C=O) groups is 2. The molecular formula is C12H13ClN2O4. The standard InChI is InChI=1S/C12H13ClN2O4/c13-7-1-3-9(14-5-7)11(16)15-6-8-2-4-10(19-8)12(17)18/h1,3,5,8,10H,2,4,6H2,(H,15,16)(H,17,18). The van der Waals surface area contributed by atoms with E-state index in [-0.39, 0.29) is 24.2 Å². The van der Waals surface area contributed by atoms with Gasteiger partial charge in [0.1, 0.15) is 5.69 Å². The van der Waals surface area contributed by atoms with Gasteiger partial charge in [-0.3, -0.25) is 4.79 Å². The lowest BCUT2D eigenvalue weighted by Gasteiger charge is -2.12. The quantitative estimate of drug-likeness (QED) is 0.864. The minimum Gasteiger partial charge on any atom is -0.479 e. The fourth-order valence-electron chi connectivity index (χ4n) is 1.84. The lowest BCUT2D eigenvalue weighted by atomic mass is 10.2. The molecule has 0 saturated carbocycles. The number of nitrogens with one attached hydrogen (secondary N) is 1. The van der Waals surface area contributed by atoms with Crippen LogP contribution in [0.4, 0.5) is 0 Å². The van der Waals surface area contributed by atoms with E-state index in [9.17, 15) is 9.59 Å². The Morgan fingerprint density at radius 2 is 2.26 bits per heavy atom. The molecule has 1 saturated heterocycles. The highest BCUT2D eigenvalue weighted by atomic mass is 35.5. The molecule has 7 heteroatoms. The van der Waals surface area contributed by atoms with E-state index in [2.05, 4.69) is 10.3 Å². The Morgan fingerprint density at radius 1 is 1.47 bits per heavy atom. The second kappa shape index (κ2) is 5.99. The molecule has 1 aliphatic heterocycles. The van der Waals surface area contributed by atoms with Crippen LogP contribution in [0.5, 0.6) is 0 Å². The fraction of sp³-hybridized carbons (Fsp3) is 0.417. The number of ether oxygens (including phenoxy) is 1. The van der Waals surface area contributed by atoms with Gasteiger partial charge >= 0.3 is 5.97 Å². The van der Waals surface area contributed by atoms with Gasteiger partial charge in [0.2, 0.25) is 0 Å². The molecular weight excluding hydrogens is 272 g/mol. The molecule has 2 atom stereocenters. The van der Waals surface area contributed by atoms with Gasteiger partial charge in [-0.1, -0.05) is 11.6 Å². The zero-order chi connectivity index (χ0) is 13.8. The first-order valence-corrected chi connectivity index (χ1v) is 6.22. The van der Waals surface area contributed by atoms with Crippen molar-refractivity contribution in [3.8, 4) is 0 Å². The Kier molecular flexibility index (Phi) is 4.34. The number of amides is 1. The second-order valence-corrected chi connectivity index (χ2v) is 4.67. The highest BCUT2D eigenvalue weighted by Gasteiger charge is 2.30. The van der Waals surface area contributed by atoms with E-state index < -0.39 is 12.1 Å². The van der Waals surface area contributed by atoms with E-state index in [1.807, 2.05) is 0 Å². The van der Waals surface area contributed by atoms with Crippen molar-refractivity contribution in [2.45, 2.75) is 25.0 Å². The summed E-state index contributed by atoms with van der Waals surface area (Å²) < 4.78 is 5.27. The Bertz CT molecular complexity index is 477. The number of carboxylic acid groups (broad SMARTS) is 1. The van der Waals surface area contributed by atoms with Gasteiger partial charge in [-0.25, -0.2) is 9.78 Å². The van der Waals surface area contributed by atoms with Crippen molar-refractivity contribution in [3.05, 3.63) is 29.0 Å². The maximum atomic E-state index is 11.7. The van der Waals surface area contributed by atoms with Gasteiger partial charge in [0.15, 0.2) is 6.10 Å². The van der Waals surface area contributed by atoms with Crippen molar-refractivity contribution >= 4 is 23.5 Å². The zero-order valence-electron chi connectivity index (χ0n) is 10.0. The van der Waals surface area contributed by atoms with Crippen LogP contribution in [0, 0.1) is 0 Å². The molecule has 6 nitrogen and oxygen atoms in total. The van der Waals surface area contributed by atoms with Crippen LogP contribution in [0.25, 0.3) is 0 Å². The number of hydrogen-bond acceptors (Lipinski definition) is 4. The van der Waals surface area contributed by atoms with Gasteiger partial charge in [-0.15, -0.1) is 0 Å². The van der Waals surface area contributed by atoms with E-state index in [1.165, 1.54) is 12.3 Å². The Hall–Kier alpha value is -1.66. The van der Waals surface area contributed by atoms with Gasteiger partial charge < -0.3 is 15.2 Å². The second-order valence-electron chi connectivity index (χ2n) is 4.23. The molecule has 0 aliphatic carbocycles. The summed E-state index contributed by atoms with van der Waals surface area (Å²) in [5.41, 5.74) is 0.261. The first kappa shape index (κ1) is 13.8. The number of carboxylic acids is 1. The number of halogens is 1. The molecule has 2 N–H and O–H groups in total. The van der Waals surface area contributed by atoms with Crippen molar-refractivity contribution in [2.24, 2.45) is 0 Å². The zero-order valence-corrected chi connectivity index (χ0v) is 10.8. The minimum absolute atomic E-state index is 0.261. The summed E-state index contributed by atoms with van der Waals surface area (Å²) in [4.78, 5) is 26.3. The number of aromatic nitrogens is 1. The van der Waals surface area contributed by atoms with Gasteiger partial charge in [0.25, 0.3) is 5.91 Å². The third-order valence-electron chi connectivity index (χ3n) is 2.83. The van der Waals surface area contributed by atoms with Crippen molar-refractivity contribution in [1.82, 2.24) is 10.3 Å². The molecule has 0 spiro atoms. The number of rotatable bonds is 4. The number of nitrogens with zero attached hydrogens (tertiary/aromatic N) is 1. The Balaban J connectivity index is 1.81. The van der Waals surface area contributed by atoms with Crippen LogP contribution in [0.1, 0.15) is 23.3 Å². The van der Waals surface area contributed by atoms with Crippen molar-refractivity contribution in [1.29, 1.82) is 0 Å². The first-order valence-electron chi connectivity index (χ1n) is 5.84. The minimum atomic E-state index is -0.965. The molecule has 2 rings (SSSR count). The monoisotopic (exact) mass is 284 g/mol. The molecule has 1 aliphatic rings. The molecule has 102 valence electrons. The fourth-order valence-corrected chi connectivity index (χ4v) is 1.96. The van der Waals surface area contributed by atoms with Crippen LogP contribution in [0.3, 0.4) is 0 Å². The number of pyridine rings is 1. The molecule has 1 aromatic heterocycles. The highest BCUT2D eigenvalue weighted by Crippen LogP contribution is 2.19. The lowest BCUT2D eigenvalue weighted by Crippen LogP contribution is -2.33. The molecule has 1 amide bonds. The third kappa shape index (κ3) is 3.65. The summed E-state index contributed by atoms with van der Waals surface area (Å²) in [7, 11) is 0.